The van der Waals surface area contributed by atoms with Crippen LogP contribution in [0.15, 0.2) is 36.4 Å². The SMILES string of the molecule is COc1ccc(C(N)=O)c(OCC(=O)Nc2ccc(Cl)cc2C)c1. The summed E-state index contributed by atoms with van der Waals surface area (Å²) in [6, 6.07) is 9.70. The van der Waals surface area contributed by atoms with Gasteiger partial charge in [-0.1, -0.05) is 11.6 Å². The molecule has 126 valence electrons. The van der Waals surface area contributed by atoms with Gasteiger partial charge in [0.05, 0.1) is 12.7 Å². The summed E-state index contributed by atoms with van der Waals surface area (Å²) in [7, 11) is 1.49. The monoisotopic (exact) mass is 348 g/mol. The molecule has 3 N–H and O–H groups in total. The van der Waals surface area contributed by atoms with Gasteiger partial charge in [0.25, 0.3) is 11.8 Å². The zero-order valence-corrected chi connectivity index (χ0v) is 14.0. The molecule has 0 radical (unpaired) electrons. The third-order valence-corrected chi connectivity index (χ3v) is 3.51. The maximum absolute atomic E-state index is 12.0. The van der Waals surface area contributed by atoms with E-state index in [0.29, 0.717) is 16.5 Å². The number of hydrogen-bond acceptors (Lipinski definition) is 4. The Hall–Kier alpha value is -2.73. The average molecular weight is 349 g/mol. The predicted molar refractivity (Wildman–Crippen MR) is 91.8 cm³/mol. The van der Waals surface area contributed by atoms with Crippen molar-refractivity contribution in [2.75, 3.05) is 19.0 Å². The summed E-state index contributed by atoms with van der Waals surface area (Å²) in [6.45, 7) is 1.55. The van der Waals surface area contributed by atoms with E-state index < -0.39 is 5.91 Å². The van der Waals surface area contributed by atoms with Crippen LogP contribution in [-0.2, 0) is 4.79 Å². The molecule has 0 aliphatic carbocycles. The summed E-state index contributed by atoms with van der Waals surface area (Å²) in [5, 5.41) is 3.30. The minimum Gasteiger partial charge on any atom is -0.497 e. The molecule has 0 fully saturated rings. The number of benzene rings is 2. The first-order valence-electron chi connectivity index (χ1n) is 7.07. The van der Waals surface area contributed by atoms with E-state index in [-0.39, 0.29) is 23.8 Å². The summed E-state index contributed by atoms with van der Waals surface area (Å²) >= 11 is 5.88. The molecule has 0 spiro atoms. The molecule has 0 aliphatic heterocycles. The Kier molecular flexibility index (Phi) is 5.65. The van der Waals surface area contributed by atoms with Crippen molar-refractivity contribution in [3.63, 3.8) is 0 Å². The number of primary amides is 1. The standard InChI is InChI=1S/C17H17ClN2O4/c1-10-7-11(18)3-6-14(10)20-16(21)9-24-15-8-12(23-2)4-5-13(15)17(19)22/h3-8H,9H2,1-2H3,(H2,19,22)(H,20,21). The molecule has 2 aromatic rings. The molecule has 2 aromatic carbocycles. The second kappa shape index (κ2) is 7.70. The Bertz CT molecular complexity index is 777. The van der Waals surface area contributed by atoms with Crippen LogP contribution in [0.3, 0.4) is 0 Å². The first-order chi connectivity index (χ1) is 11.4. The highest BCUT2D eigenvalue weighted by Crippen LogP contribution is 2.25. The summed E-state index contributed by atoms with van der Waals surface area (Å²) in [5.74, 6) is -0.353. The van der Waals surface area contributed by atoms with Crippen molar-refractivity contribution in [1.29, 1.82) is 0 Å². The van der Waals surface area contributed by atoms with Crippen molar-refractivity contribution < 1.29 is 19.1 Å². The molecule has 0 saturated carbocycles. The number of hydrogen-bond donors (Lipinski definition) is 2. The zero-order valence-electron chi connectivity index (χ0n) is 13.3. The number of methoxy groups -OCH3 is 1. The molecule has 0 aromatic heterocycles. The fraction of sp³-hybridized carbons (Fsp3) is 0.176. The van der Waals surface area contributed by atoms with Gasteiger partial charge in [-0.3, -0.25) is 9.59 Å². The van der Waals surface area contributed by atoms with Crippen LogP contribution in [0, 0.1) is 6.92 Å². The third-order valence-electron chi connectivity index (χ3n) is 3.28. The number of carbonyl (C=O) groups is 2. The lowest BCUT2D eigenvalue weighted by Crippen LogP contribution is -2.22. The minimum absolute atomic E-state index is 0.172. The molecule has 7 heteroatoms. The van der Waals surface area contributed by atoms with Crippen LogP contribution in [-0.4, -0.2) is 25.5 Å². The van der Waals surface area contributed by atoms with Crippen LogP contribution < -0.4 is 20.5 Å². The molecule has 0 aliphatic rings. The van der Waals surface area contributed by atoms with Crippen LogP contribution in [0.25, 0.3) is 0 Å². The second-order valence-electron chi connectivity index (χ2n) is 5.02. The molecule has 6 nitrogen and oxygen atoms in total. The lowest BCUT2D eigenvalue weighted by atomic mass is 10.2. The van der Waals surface area contributed by atoms with E-state index in [1.165, 1.54) is 19.2 Å². The number of carbonyl (C=O) groups excluding carboxylic acids is 2. The van der Waals surface area contributed by atoms with Gasteiger partial charge in [-0.25, -0.2) is 0 Å². The topological polar surface area (TPSA) is 90.7 Å². The molecule has 0 atom stereocenters. The van der Waals surface area contributed by atoms with Gasteiger partial charge in [0.15, 0.2) is 6.61 Å². The van der Waals surface area contributed by atoms with Crippen molar-refractivity contribution in [1.82, 2.24) is 0 Å². The predicted octanol–water partition coefficient (Wildman–Crippen LogP) is 2.77. The smallest absolute Gasteiger partial charge is 0.262 e. The van der Waals surface area contributed by atoms with E-state index in [1.54, 1.807) is 24.3 Å². The van der Waals surface area contributed by atoms with Crippen molar-refractivity contribution in [3.8, 4) is 11.5 Å². The summed E-state index contributed by atoms with van der Waals surface area (Å²) < 4.78 is 10.5. The number of nitrogens with one attached hydrogen (secondary N) is 1. The second-order valence-corrected chi connectivity index (χ2v) is 5.46. The van der Waals surface area contributed by atoms with Crippen LogP contribution in [0.2, 0.25) is 5.02 Å². The van der Waals surface area contributed by atoms with Gasteiger partial charge in [0.2, 0.25) is 0 Å². The average Bonchev–Trinajstić information content (AvgIpc) is 2.55. The van der Waals surface area contributed by atoms with E-state index in [9.17, 15) is 9.59 Å². The third kappa shape index (κ3) is 4.39. The molecular formula is C17H17ClN2O4. The van der Waals surface area contributed by atoms with E-state index in [2.05, 4.69) is 5.32 Å². The van der Waals surface area contributed by atoms with Crippen LogP contribution in [0.4, 0.5) is 5.69 Å². The summed E-state index contributed by atoms with van der Waals surface area (Å²) in [4.78, 5) is 23.5. The van der Waals surface area contributed by atoms with Crippen molar-refractivity contribution >= 4 is 29.1 Å². The van der Waals surface area contributed by atoms with Gasteiger partial charge in [-0.2, -0.15) is 0 Å². The summed E-state index contributed by atoms with van der Waals surface area (Å²) in [5.41, 5.74) is 6.93. The quantitative estimate of drug-likeness (QED) is 0.839. The van der Waals surface area contributed by atoms with Gasteiger partial charge < -0.3 is 20.5 Å². The van der Waals surface area contributed by atoms with Gasteiger partial charge in [-0.05, 0) is 42.8 Å². The molecule has 0 bridgehead atoms. The molecule has 2 amide bonds. The highest BCUT2D eigenvalue weighted by molar-refractivity contribution is 6.30. The molecule has 0 saturated heterocycles. The Morgan fingerprint density at radius 2 is 1.96 bits per heavy atom. The Morgan fingerprint density at radius 3 is 2.58 bits per heavy atom. The molecule has 0 heterocycles. The number of rotatable bonds is 6. The number of nitrogens with two attached hydrogens (primary N) is 1. The Balaban J connectivity index is 2.07. The van der Waals surface area contributed by atoms with E-state index in [4.69, 9.17) is 26.8 Å². The van der Waals surface area contributed by atoms with Gasteiger partial charge >= 0.3 is 0 Å². The lowest BCUT2D eigenvalue weighted by Gasteiger charge is -2.12. The van der Waals surface area contributed by atoms with Crippen molar-refractivity contribution in [2.45, 2.75) is 6.92 Å². The van der Waals surface area contributed by atoms with E-state index in [1.807, 2.05) is 6.92 Å². The number of halogens is 1. The molecule has 24 heavy (non-hydrogen) atoms. The number of aryl methyl sites for hydroxylation is 1. The first-order valence-corrected chi connectivity index (χ1v) is 7.45. The molecule has 2 rings (SSSR count). The van der Waals surface area contributed by atoms with Gasteiger partial charge in [-0.15, -0.1) is 0 Å². The number of ether oxygens (including phenoxy) is 2. The van der Waals surface area contributed by atoms with Crippen LogP contribution >= 0.6 is 11.6 Å². The van der Waals surface area contributed by atoms with Crippen molar-refractivity contribution in [3.05, 3.63) is 52.5 Å². The zero-order chi connectivity index (χ0) is 17.7. The highest BCUT2D eigenvalue weighted by Gasteiger charge is 2.13. The normalized spacial score (nSPS) is 10.1. The fourth-order valence-electron chi connectivity index (χ4n) is 2.05. The van der Waals surface area contributed by atoms with E-state index in [0.717, 1.165) is 5.56 Å². The Labute approximate surface area is 144 Å². The van der Waals surface area contributed by atoms with Gasteiger partial charge in [0.1, 0.15) is 11.5 Å². The minimum atomic E-state index is -0.651. The Morgan fingerprint density at radius 1 is 1.21 bits per heavy atom. The largest absolute Gasteiger partial charge is 0.497 e. The maximum Gasteiger partial charge on any atom is 0.262 e. The number of amides is 2. The van der Waals surface area contributed by atoms with Crippen molar-refractivity contribution in [2.24, 2.45) is 5.73 Å². The summed E-state index contributed by atoms with van der Waals surface area (Å²) in [6.07, 6.45) is 0. The van der Waals surface area contributed by atoms with E-state index >= 15 is 0 Å². The highest BCUT2D eigenvalue weighted by atomic mass is 35.5. The van der Waals surface area contributed by atoms with Crippen LogP contribution in [0.1, 0.15) is 15.9 Å². The molecular weight excluding hydrogens is 332 g/mol. The van der Waals surface area contributed by atoms with Crippen LogP contribution in [0.5, 0.6) is 11.5 Å². The molecule has 0 unspecified atom stereocenters. The lowest BCUT2D eigenvalue weighted by molar-refractivity contribution is -0.118. The fourth-order valence-corrected chi connectivity index (χ4v) is 2.28. The van der Waals surface area contributed by atoms with Gasteiger partial charge in [0, 0.05) is 16.8 Å². The first kappa shape index (κ1) is 17.6. The number of anilines is 1. The maximum atomic E-state index is 12.0.